The maximum Gasteiger partial charge on any atom is 0.406 e. The number of cyclic esters (lactones) is 1. The molecular formula is C55H71F3N10O7. The van der Waals surface area contributed by atoms with E-state index in [0.717, 1.165) is 0 Å². The Morgan fingerprint density at radius 2 is 1.77 bits per heavy atom. The number of carbonyl (C=O) groups excluding carboxylic acids is 5. The lowest BCUT2D eigenvalue weighted by atomic mass is 9.83. The number of alkyl halides is 3. The molecule has 0 saturated carbocycles. The van der Waals surface area contributed by atoms with Crippen LogP contribution < -0.4 is 10.7 Å². The topological polar surface area (TPSA) is 175 Å². The number of ether oxygens (including phenoxy) is 2. The van der Waals surface area contributed by atoms with Gasteiger partial charge in [0.1, 0.15) is 24.7 Å². The fourth-order valence-corrected chi connectivity index (χ4v) is 11.4. The molecule has 6 bridgehead atoms. The minimum absolute atomic E-state index is 0.0868. The predicted octanol–water partition coefficient (Wildman–Crippen LogP) is 6.55. The van der Waals surface area contributed by atoms with Crippen LogP contribution in [0.25, 0.3) is 33.4 Å². The van der Waals surface area contributed by atoms with E-state index in [4.69, 9.17) is 14.5 Å². The summed E-state index contributed by atoms with van der Waals surface area (Å²) in [5.41, 5.74) is 5.64. The molecule has 75 heavy (non-hydrogen) atoms. The van der Waals surface area contributed by atoms with Gasteiger partial charge < -0.3 is 34.1 Å². The summed E-state index contributed by atoms with van der Waals surface area (Å²) in [6.45, 7) is 14.4. The lowest BCUT2D eigenvalue weighted by molar-refractivity contribution is -0.155. The van der Waals surface area contributed by atoms with Crippen molar-refractivity contribution in [2.24, 2.45) is 11.3 Å². The molecule has 20 heteroatoms. The van der Waals surface area contributed by atoms with E-state index in [9.17, 15) is 37.1 Å². The van der Waals surface area contributed by atoms with Gasteiger partial charge in [-0.05, 0) is 100 Å². The van der Waals surface area contributed by atoms with Crippen LogP contribution in [0, 0.1) is 11.3 Å². The summed E-state index contributed by atoms with van der Waals surface area (Å²) in [4.78, 5) is 87.3. The van der Waals surface area contributed by atoms with E-state index in [1.807, 2.05) is 40.8 Å². The third-order valence-corrected chi connectivity index (χ3v) is 15.5. The number of nitrogens with one attached hydrogen (secondary N) is 2. The normalized spacial score (nSPS) is 21.4. The number of rotatable bonds is 9. The average molecular weight is 1040 g/mol. The van der Waals surface area contributed by atoms with Gasteiger partial charge in [-0.25, -0.2) is 10.2 Å². The van der Waals surface area contributed by atoms with Gasteiger partial charge in [0, 0.05) is 105 Å². The summed E-state index contributed by atoms with van der Waals surface area (Å²) in [6, 6.07) is 10.5. The Kier molecular flexibility index (Phi) is 16.1. The number of amides is 5. The van der Waals surface area contributed by atoms with E-state index in [1.165, 1.54) is 27.7 Å². The number of methoxy groups -OCH3 is 1. The first-order valence-electron chi connectivity index (χ1n) is 25.9. The number of likely N-dealkylation sites (N-methyl/N-ethyl adjacent to an activating group) is 2. The molecule has 3 fully saturated rings. The molecular weight excluding hydrogens is 970 g/mol. The highest BCUT2D eigenvalue weighted by Crippen LogP contribution is 2.43. The van der Waals surface area contributed by atoms with Gasteiger partial charge in [0.25, 0.3) is 5.91 Å². The molecule has 2 N–H and O–H groups in total. The molecule has 0 radical (unpaired) electrons. The molecule has 5 amide bonds. The smallest absolute Gasteiger partial charge is 0.406 e. The maximum absolute atomic E-state index is 14.8. The number of nitrogens with zero attached hydrogens (tertiary/aromatic N) is 8. The molecule has 4 aliphatic heterocycles. The van der Waals surface area contributed by atoms with Gasteiger partial charge in [0.15, 0.2) is 0 Å². The van der Waals surface area contributed by atoms with E-state index >= 15 is 0 Å². The fraction of sp³-hybridized carbons (Fsp3) is 0.545. The molecule has 4 atom stereocenters. The van der Waals surface area contributed by atoms with Crippen LogP contribution >= 0.6 is 0 Å². The van der Waals surface area contributed by atoms with Crippen molar-refractivity contribution in [2.45, 2.75) is 116 Å². The molecule has 1 aromatic carbocycles. The van der Waals surface area contributed by atoms with Crippen molar-refractivity contribution >= 4 is 40.6 Å². The van der Waals surface area contributed by atoms with Gasteiger partial charge in [-0.1, -0.05) is 46.4 Å². The maximum atomic E-state index is 14.8. The lowest BCUT2D eigenvalue weighted by Gasteiger charge is -2.53. The molecule has 3 aromatic heterocycles. The van der Waals surface area contributed by atoms with Crippen molar-refractivity contribution in [1.82, 2.24) is 49.9 Å². The van der Waals surface area contributed by atoms with Gasteiger partial charge >= 0.3 is 18.2 Å². The van der Waals surface area contributed by atoms with Crippen LogP contribution in [0.2, 0.25) is 0 Å². The fourth-order valence-electron chi connectivity index (χ4n) is 11.4. The van der Waals surface area contributed by atoms with Crippen molar-refractivity contribution in [3.8, 4) is 22.5 Å². The standard InChI is InChI=1S/C55H71F3N10O7/c1-10-45(69)66-27-26-63(7)54(31-66)20-24-65(25-21-54)52(73)64(8)47(34(2)3)49(70)61-43-29-37-14-11-16-41(60-37)36-18-19-44-39(28-36)40(30-53(5,6)33-75-51(72)42-17-13-23-68(62-42)50(43)71)48(67(44)32-55(56,57)58)38-15-12-22-59-46(38)35(4)74-9/h10-12,14-16,18-19,22,28,34-35,42-43,47,62H,1,13,17,20-21,23-27,29-33H2,2-9H3,(H,61,70)/t35-,42-,43-,47-/m0/s1. The number of pyridine rings is 2. The van der Waals surface area contributed by atoms with Crippen LogP contribution in [0.4, 0.5) is 18.0 Å². The Hall–Kier alpha value is -6.38. The van der Waals surface area contributed by atoms with Crippen molar-refractivity contribution in [3.05, 3.63) is 84.3 Å². The van der Waals surface area contributed by atoms with Gasteiger partial charge in [0.2, 0.25) is 11.8 Å². The summed E-state index contributed by atoms with van der Waals surface area (Å²) >= 11 is 0. The number of halogens is 3. The summed E-state index contributed by atoms with van der Waals surface area (Å²) < 4.78 is 57.2. The van der Waals surface area contributed by atoms with Crippen LogP contribution in [0.5, 0.6) is 0 Å². The van der Waals surface area contributed by atoms with Crippen LogP contribution in [0.3, 0.4) is 0 Å². The van der Waals surface area contributed by atoms with Crippen LogP contribution in [-0.2, 0) is 48.0 Å². The molecule has 404 valence electrons. The summed E-state index contributed by atoms with van der Waals surface area (Å²) in [5.74, 6) is -2.19. The largest absolute Gasteiger partial charge is 0.464 e. The Morgan fingerprint density at radius 1 is 1.03 bits per heavy atom. The number of piperidine rings is 1. The zero-order chi connectivity index (χ0) is 54.1. The highest BCUT2D eigenvalue weighted by Gasteiger charge is 2.46. The van der Waals surface area contributed by atoms with E-state index in [1.54, 1.807) is 72.4 Å². The first-order valence-corrected chi connectivity index (χ1v) is 25.9. The monoisotopic (exact) mass is 1040 g/mol. The third-order valence-electron chi connectivity index (χ3n) is 15.5. The minimum Gasteiger partial charge on any atom is -0.464 e. The lowest BCUT2D eigenvalue weighted by Crippen LogP contribution is -2.66. The average Bonchev–Trinajstić information content (AvgIpc) is 3.66. The quantitative estimate of drug-likeness (QED) is 0.137. The number of esters is 1. The van der Waals surface area contributed by atoms with E-state index in [0.29, 0.717) is 109 Å². The summed E-state index contributed by atoms with van der Waals surface area (Å²) in [7, 11) is 5.15. The summed E-state index contributed by atoms with van der Waals surface area (Å²) in [5, 5.41) is 4.88. The second-order valence-electron chi connectivity index (χ2n) is 21.8. The Morgan fingerprint density at radius 3 is 2.47 bits per heavy atom. The Bertz CT molecular complexity index is 2810. The van der Waals surface area contributed by atoms with Crippen molar-refractivity contribution in [2.75, 3.05) is 67.1 Å². The molecule has 1 spiro atoms. The first kappa shape index (κ1) is 54.9. The van der Waals surface area contributed by atoms with Crippen LogP contribution in [0.15, 0.2) is 67.4 Å². The molecule has 4 aliphatic rings. The number of hydrazine groups is 1. The molecule has 8 rings (SSSR count). The predicted molar refractivity (Wildman–Crippen MR) is 277 cm³/mol. The molecule has 0 unspecified atom stereocenters. The zero-order valence-electron chi connectivity index (χ0n) is 44.3. The number of hydrogen-bond acceptors (Lipinski definition) is 11. The number of fused-ring (bicyclic) bond motifs is 6. The zero-order valence-corrected chi connectivity index (χ0v) is 44.3. The molecule has 7 heterocycles. The second kappa shape index (κ2) is 22.1. The van der Waals surface area contributed by atoms with Crippen LogP contribution in [-0.4, -0.2) is 166 Å². The van der Waals surface area contributed by atoms with Gasteiger partial charge in [0.05, 0.1) is 29.8 Å². The highest BCUT2D eigenvalue weighted by atomic mass is 19.4. The molecule has 3 saturated heterocycles. The van der Waals surface area contributed by atoms with Crippen molar-refractivity contribution < 1.29 is 46.6 Å². The third kappa shape index (κ3) is 11.7. The van der Waals surface area contributed by atoms with Gasteiger partial charge in [-0.2, -0.15) is 13.2 Å². The Labute approximate surface area is 436 Å². The first-order chi connectivity index (χ1) is 35.5. The number of urea groups is 1. The molecule has 17 nitrogen and oxygen atoms in total. The number of benzene rings is 1. The van der Waals surface area contributed by atoms with Crippen molar-refractivity contribution in [1.29, 1.82) is 0 Å². The highest BCUT2D eigenvalue weighted by molar-refractivity contribution is 5.96. The number of piperazine rings is 1. The number of hydrogen-bond donors (Lipinski definition) is 2. The number of likely N-dealkylation sites (tertiary alicyclic amines) is 1. The van der Waals surface area contributed by atoms with E-state index < -0.39 is 60.1 Å². The van der Waals surface area contributed by atoms with Gasteiger partial charge in [-0.3, -0.25) is 39.1 Å². The SMILES string of the molecule is C=CC(=O)N1CCN(C)C2(CCN(C(=O)N(C)[C@H](C(=O)N[C@H]3Cc4cccc(n4)-c4ccc5c(c4)c(c(-c4cccnc4[C@H](C)OC)n5CC(F)(F)F)CC(C)(C)COC(=O)[C@@H]4CCCN(N4)C3=O)C(C)C)CC2)C1. The van der Waals surface area contributed by atoms with E-state index in [2.05, 4.69) is 27.2 Å². The van der Waals surface area contributed by atoms with Gasteiger partial charge in [-0.15, -0.1) is 0 Å². The molecule has 4 aromatic rings. The van der Waals surface area contributed by atoms with Crippen LogP contribution in [0.1, 0.15) is 83.4 Å². The Balaban J connectivity index is 1.14. The summed E-state index contributed by atoms with van der Waals surface area (Å²) in [6.07, 6.45) is -0.107. The number of carbonyl (C=O) groups is 5. The number of aromatic nitrogens is 3. The molecule has 0 aliphatic carbocycles. The second-order valence-corrected chi connectivity index (χ2v) is 21.8. The minimum atomic E-state index is -4.61. The van der Waals surface area contributed by atoms with E-state index in [-0.39, 0.29) is 49.4 Å². The van der Waals surface area contributed by atoms with Crippen molar-refractivity contribution in [3.63, 3.8) is 0 Å².